The zero-order valence-corrected chi connectivity index (χ0v) is 17.2. The summed E-state index contributed by atoms with van der Waals surface area (Å²) >= 11 is 0. The molecule has 1 aliphatic rings. The maximum atomic E-state index is 13.1. The van der Waals surface area contributed by atoms with Crippen LogP contribution in [0.1, 0.15) is 27.8 Å². The van der Waals surface area contributed by atoms with Crippen LogP contribution in [-0.2, 0) is 13.6 Å². The summed E-state index contributed by atoms with van der Waals surface area (Å²) in [6, 6.07) is 9.64. The first kappa shape index (κ1) is 21.9. The van der Waals surface area contributed by atoms with E-state index < -0.39 is 0 Å². The highest BCUT2D eigenvalue weighted by atomic mass is 35.5. The van der Waals surface area contributed by atoms with Crippen molar-refractivity contribution in [3.8, 4) is 0 Å². The summed E-state index contributed by atoms with van der Waals surface area (Å²) in [6.07, 6.45) is 7.38. The quantitative estimate of drug-likeness (QED) is 0.700. The van der Waals surface area contributed by atoms with Crippen molar-refractivity contribution in [3.63, 3.8) is 0 Å². The smallest absolute Gasteiger partial charge is 0.254 e. The molecule has 1 atom stereocenters. The number of carbonyl (C=O) groups excluding carboxylic acids is 1. The van der Waals surface area contributed by atoms with E-state index in [1.54, 1.807) is 12.4 Å². The van der Waals surface area contributed by atoms with Crippen LogP contribution in [0.25, 0.3) is 0 Å². The van der Waals surface area contributed by atoms with Crippen LogP contribution in [0.5, 0.6) is 0 Å². The molecule has 4 rings (SSSR count). The molecule has 150 valence electrons. The van der Waals surface area contributed by atoms with Crippen LogP contribution in [0.2, 0.25) is 0 Å². The van der Waals surface area contributed by atoms with E-state index in [1.165, 1.54) is 0 Å². The molecule has 1 aliphatic heterocycles. The second-order valence-corrected chi connectivity index (χ2v) is 6.52. The zero-order chi connectivity index (χ0) is 17.9. The van der Waals surface area contributed by atoms with Gasteiger partial charge in [0.25, 0.3) is 5.91 Å². The third kappa shape index (κ3) is 4.55. The largest absolute Gasteiger partial charge is 0.336 e. The first-order valence-electron chi connectivity index (χ1n) is 8.77. The summed E-state index contributed by atoms with van der Waals surface area (Å²) < 4.78 is 3.84. The van der Waals surface area contributed by atoms with Gasteiger partial charge in [-0.2, -0.15) is 5.10 Å². The maximum Gasteiger partial charge on any atom is 0.254 e. The topological polar surface area (TPSA) is 68.0 Å². The monoisotopic (exact) mass is 422 g/mol. The molecular formula is C19H24Cl2N6O. The van der Waals surface area contributed by atoms with E-state index in [4.69, 9.17) is 0 Å². The third-order valence-corrected chi connectivity index (χ3v) is 4.77. The van der Waals surface area contributed by atoms with Crippen LogP contribution in [-0.4, -0.2) is 49.8 Å². The fourth-order valence-electron chi connectivity index (χ4n) is 3.38. The lowest BCUT2D eigenvalue weighted by molar-refractivity contribution is 0.0621. The van der Waals surface area contributed by atoms with Gasteiger partial charge in [0.15, 0.2) is 0 Å². The number of halogens is 2. The highest BCUT2D eigenvalue weighted by Gasteiger charge is 2.30. The molecule has 1 fully saturated rings. The van der Waals surface area contributed by atoms with E-state index >= 15 is 0 Å². The number of nitrogens with one attached hydrogen (secondary N) is 1. The van der Waals surface area contributed by atoms with Crippen molar-refractivity contribution >= 4 is 30.7 Å². The van der Waals surface area contributed by atoms with E-state index in [1.807, 2.05) is 63.9 Å². The molecule has 0 saturated carbocycles. The Bertz CT molecular complexity index is 878. The number of amides is 1. The van der Waals surface area contributed by atoms with Crippen LogP contribution in [0, 0.1) is 0 Å². The number of rotatable bonds is 4. The Morgan fingerprint density at radius 3 is 2.61 bits per heavy atom. The van der Waals surface area contributed by atoms with Crippen molar-refractivity contribution in [3.05, 3.63) is 72.1 Å². The SMILES string of the molecule is Cl.Cl.Cn1ccnc1C1CNCCN1C(=O)c1ccc(Cn2cccn2)cc1. The molecule has 1 amide bonds. The average Bonchev–Trinajstić information content (AvgIpc) is 3.33. The Balaban J connectivity index is 0.00000140. The molecule has 0 bridgehead atoms. The van der Waals surface area contributed by atoms with Crippen LogP contribution >= 0.6 is 24.8 Å². The Hall–Kier alpha value is -2.35. The fraction of sp³-hybridized carbons (Fsp3) is 0.316. The predicted molar refractivity (Wildman–Crippen MR) is 112 cm³/mol. The molecule has 3 aromatic rings. The van der Waals surface area contributed by atoms with Crippen LogP contribution < -0.4 is 5.32 Å². The first-order chi connectivity index (χ1) is 12.7. The summed E-state index contributed by atoms with van der Waals surface area (Å²) in [5.74, 6) is 0.950. The number of piperazine rings is 1. The van der Waals surface area contributed by atoms with Gasteiger partial charge in [-0.05, 0) is 23.8 Å². The van der Waals surface area contributed by atoms with E-state index in [9.17, 15) is 4.79 Å². The Morgan fingerprint density at radius 2 is 1.96 bits per heavy atom. The summed E-state index contributed by atoms with van der Waals surface area (Å²) in [5.41, 5.74) is 1.82. The van der Waals surface area contributed by atoms with Gasteiger partial charge in [0.05, 0.1) is 6.54 Å². The highest BCUT2D eigenvalue weighted by molar-refractivity contribution is 5.94. The lowest BCUT2D eigenvalue weighted by Gasteiger charge is -2.35. The molecule has 2 aromatic heterocycles. The molecule has 7 nitrogen and oxygen atoms in total. The summed E-state index contributed by atoms with van der Waals surface area (Å²) in [6.45, 7) is 2.88. The molecule has 0 radical (unpaired) electrons. The number of hydrogen-bond acceptors (Lipinski definition) is 4. The number of hydrogen-bond donors (Lipinski definition) is 1. The van der Waals surface area contributed by atoms with E-state index in [0.717, 1.165) is 17.9 Å². The molecule has 0 aliphatic carbocycles. The van der Waals surface area contributed by atoms with E-state index in [2.05, 4.69) is 15.4 Å². The van der Waals surface area contributed by atoms with Gasteiger partial charge < -0.3 is 14.8 Å². The van der Waals surface area contributed by atoms with Gasteiger partial charge >= 0.3 is 0 Å². The second kappa shape index (κ2) is 9.73. The number of aryl methyl sites for hydroxylation is 1. The van der Waals surface area contributed by atoms with Crippen molar-refractivity contribution in [1.82, 2.24) is 29.5 Å². The standard InChI is InChI=1S/C19H22N6O.2ClH/c1-23-11-9-21-18(23)17-13-20-8-12-25(17)19(26)16-5-3-15(4-6-16)14-24-10-2-7-22-24;;/h2-7,9-11,17,20H,8,12-14H2,1H3;2*1H. The molecule has 9 heteroatoms. The maximum absolute atomic E-state index is 13.1. The number of benzene rings is 1. The van der Waals surface area contributed by atoms with Crippen molar-refractivity contribution in [2.45, 2.75) is 12.6 Å². The van der Waals surface area contributed by atoms with Crippen molar-refractivity contribution in [1.29, 1.82) is 0 Å². The van der Waals surface area contributed by atoms with Crippen LogP contribution in [0.15, 0.2) is 55.1 Å². The molecular weight excluding hydrogens is 399 g/mol. The van der Waals surface area contributed by atoms with Crippen LogP contribution in [0.3, 0.4) is 0 Å². The van der Waals surface area contributed by atoms with Gasteiger partial charge in [0.2, 0.25) is 0 Å². The van der Waals surface area contributed by atoms with Gasteiger partial charge in [0.1, 0.15) is 11.9 Å². The number of aromatic nitrogens is 4. The Labute approximate surface area is 176 Å². The second-order valence-electron chi connectivity index (χ2n) is 6.52. The van der Waals surface area contributed by atoms with Gasteiger partial charge in [-0.15, -0.1) is 24.8 Å². The third-order valence-electron chi connectivity index (χ3n) is 4.77. The van der Waals surface area contributed by atoms with E-state index in [-0.39, 0.29) is 36.8 Å². The van der Waals surface area contributed by atoms with Crippen molar-refractivity contribution < 1.29 is 4.79 Å². The Morgan fingerprint density at radius 1 is 1.18 bits per heavy atom. The number of nitrogens with zero attached hydrogens (tertiary/aromatic N) is 5. The summed E-state index contributed by atoms with van der Waals surface area (Å²) in [4.78, 5) is 19.4. The van der Waals surface area contributed by atoms with Gasteiger partial charge in [0, 0.05) is 57.0 Å². The zero-order valence-electron chi connectivity index (χ0n) is 15.6. The molecule has 1 N–H and O–H groups in total. The van der Waals surface area contributed by atoms with Crippen LogP contribution in [0.4, 0.5) is 0 Å². The average molecular weight is 423 g/mol. The first-order valence-corrected chi connectivity index (χ1v) is 8.77. The molecule has 3 heterocycles. The summed E-state index contributed by atoms with van der Waals surface area (Å²) in [7, 11) is 1.96. The normalized spacial score (nSPS) is 16.2. The minimum absolute atomic E-state index is 0. The van der Waals surface area contributed by atoms with Gasteiger partial charge in [-0.25, -0.2) is 4.98 Å². The molecule has 1 saturated heterocycles. The number of carbonyl (C=O) groups is 1. The minimum atomic E-state index is -0.0556. The van der Waals surface area contributed by atoms with Crippen molar-refractivity contribution in [2.24, 2.45) is 7.05 Å². The lowest BCUT2D eigenvalue weighted by Crippen LogP contribution is -2.49. The Kier molecular flexibility index (Phi) is 7.62. The predicted octanol–water partition coefficient (Wildman–Crippen LogP) is 2.30. The van der Waals surface area contributed by atoms with Gasteiger partial charge in [-0.3, -0.25) is 9.48 Å². The molecule has 1 unspecified atom stereocenters. The fourth-order valence-corrected chi connectivity index (χ4v) is 3.38. The summed E-state index contributed by atoms with van der Waals surface area (Å²) in [5, 5.41) is 7.58. The van der Waals surface area contributed by atoms with Gasteiger partial charge in [-0.1, -0.05) is 12.1 Å². The molecule has 0 spiro atoms. The number of imidazole rings is 1. The van der Waals surface area contributed by atoms with E-state index in [0.29, 0.717) is 25.2 Å². The lowest BCUT2D eigenvalue weighted by atomic mass is 10.1. The molecule has 28 heavy (non-hydrogen) atoms. The van der Waals surface area contributed by atoms with Crippen molar-refractivity contribution in [2.75, 3.05) is 19.6 Å². The highest BCUT2D eigenvalue weighted by Crippen LogP contribution is 2.23. The minimum Gasteiger partial charge on any atom is -0.336 e. The molecule has 1 aromatic carbocycles.